The Kier molecular flexibility index (Phi) is 10.3. The van der Waals surface area contributed by atoms with Gasteiger partial charge in [0.1, 0.15) is 30.5 Å². The third-order valence-electron chi connectivity index (χ3n) is 6.53. The summed E-state index contributed by atoms with van der Waals surface area (Å²) in [6, 6.07) is 26.2. The third-order valence-corrected chi connectivity index (χ3v) is 7.90. The third kappa shape index (κ3) is 8.25. The van der Waals surface area contributed by atoms with E-state index < -0.39 is 22.1 Å². The van der Waals surface area contributed by atoms with Gasteiger partial charge in [-0.05, 0) is 59.2 Å². The molecule has 4 aromatic rings. The van der Waals surface area contributed by atoms with Crippen LogP contribution in [-0.2, 0) is 21.4 Å². The molecule has 1 aliphatic heterocycles. The highest BCUT2D eigenvalue weighted by Crippen LogP contribution is 2.31. The fraction of sp³-hybridized carbons (Fsp3) is 0.219. The first-order valence-electron chi connectivity index (χ1n) is 13.2. The van der Waals surface area contributed by atoms with Gasteiger partial charge in [0.15, 0.2) is 6.61 Å². The number of aliphatic hydroxyl groups is 1. The molecule has 0 saturated carbocycles. The lowest BCUT2D eigenvalue weighted by atomic mass is 10.1. The van der Waals surface area contributed by atoms with Crippen molar-refractivity contribution in [2.75, 3.05) is 31.0 Å². The number of nitrogens with one attached hydrogen (secondary N) is 2. The first kappa shape index (κ1) is 31.4. The molecular formula is C32H34N2O8S. The minimum absolute atomic E-state index is 0. The summed E-state index contributed by atoms with van der Waals surface area (Å²) in [5, 5.41) is 22.7. The highest BCUT2D eigenvalue weighted by atomic mass is 32.2. The number of aliphatic hydroxyl groups excluding tert-OH is 1. The summed E-state index contributed by atoms with van der Waals surface area (Å²) in [4.78, 5) is 10.8. The molecule has 1 atom stereocenters. The molecule has 11 heteroatoms. The molecule has 4 aromatic carbocycles. The second-order valence-electron chi connectivity index (χ2n) is 9.59. The van der Waals surface area contributed by atoms with E-state index in [1.54, 1.807) is 48.5 Å². The fourth-order valence-electron chi connectivity index (χ4n) is 4.40. The Balaban J connectivity index is 0.00000423. The molecule has 43 heavy (non-hydrogen) atoms. The summed E-state index contributed by atoms with van der Waals surface area (Å²) in [5.74, 6) is 0.626. The fourth-order valence-corrected chi connectivity index (χ4v) is 5.55. The number of ether oxygens (including phenoxy) is 3. The van der Waals surface area contributed by atoms with E-state index in [0.717, 1.165) is 16.7 Å². The molecule has 4 N–H and O–H groups in total. The second-order valence-corrected chi connectivity index (χ2v) is 11.3. The summed E-state index contributed by atoms with van der Waals surface area (Å²) in [5.41, 5.74) is 3.34. The number of carboxylic acid groups (broad SMARTS) is 1. The largest absolute Gasteiger partial charge is 0.492 e. The SMILES string of the molecule is C.O=C(O)COc1ccc(-c2ccc(OCCNCC(O)c3ccc4cc3NS(=O)(=O)c3cccc(c3)CO4)cc2)cc1. The number of anilines is 1. The van der Waals surface area contributed by atoms with Crippen LogP contribution in [0, 0.1) is 0 Å². The van der Waals surface area contributed by atoms with E-state index in [1.165, 1.54) is 6.07 Å². The number of hydrogen-bond acceptors (Lipinski definition) is 8. The van der Waals surface area contributed by atoms with Crippen molar-refractivity contribution in [2.45, 2.75) is 25.0 Å². The van der Waals surface area contributed by atoms with Crippen LogP contribution in [0.2, 0.25) is 0 Å². The maximum Gasteiger partial charge on any atom is 0.341 e. The summed E-state index contributed by atoms with van der Waals surface area (Å²) >= 11 is 0. The minimum Gasteiger partial charge on any atom is -0.492 e. The van der Waals surface area contributed by atoms with Crippen LogP contribution in [-0.4, -0.2) is 50.9 Å². The Labute approximate surface area is 250 Å². The van der Waals surface area contributed by atoms with Crippen molar-refractivity contribution in [3.8, 4) is 28.4 Å². The van der Waals surface area contributed by atoms with Crippen LogP contribution in [0.1, 0.15) is 24.7 Å². The van der Waals surface area contributed by atoms with Gasteiger partial charge >= 0.3 is 5.97 Å². The van der Waals surface area contributed by atoms with E-state index in [9.17, 15) is 18.3 Å². The zero-order valence-corrected chi connectivity index (χ0v) is 23.3. The first-order valence-corrected chi connectivity index (χ1v) is 14.7. The van der Waals surface area contributed by atoms with Crippen LogP contribution in [0.5, 0.6) is 17.2 Å². The predicted molar refractivity (Wildman–Crippen MR) is 163 cm³/mol. The molecule has 0 saturated heterocycles. The predicted octanol–water partition coefficient (Wildman–Crippen LogP) is 4.85. The molecule has 5 rings (SSSR count). The van der Waals surface area contributed by atoms with Crippen molar-refractivity contribution >= 4 is 21.7 Å². The highest BCUT2D eigenvalue weighted by Gasteiger charge is 2.21. The number of hydrogen-bond donors (Lipinski definition) is 4. The average Bonchev–Trinajstić information content (AvgIpc) is 2.99. The minimum atomic E-state index is -3.84. The monoisotopic (exact) mass is 606 g/mol. The van der Waals surface area contributed by atoms with E-state index in [2.05, 4.69) is 10.0 Å². The normalized spacial score (nSPS) is 13.8. The Morgan fingerprint density at radius 1 is 0.930 bits per heavy atom. The van der Waals surface area contributed by atoms with Gasteiger partial charge in [0.25, 0.3) is 10.0 Å². The lowest BCUT2D eigenvalue weighted by Gasteiger charge is -2.20. The van der Waals surface area contributed by atoms with E-state index >= 15 is 0 Å². The number of aliphatic carboxylic acids is 1. The molecule has 4 bridgehead atoms. The van der Waals surface area contributed by atoms with Crippen molar-refractivity contribution in [3.63, 3.8) is 0 Å². The van der Waals surface area contributed by atoms with Gasteiger partial charge in [-0.3, -0.25) is 4.72 Å². The van der Waals surface area contributed by atoms with E-state index in [4.69, 9.17) is 19.3 Å². The van der Waals surface area contributed by atoms with E-state index in [0.29, 0.717) is 36.0 Å². The maximum atomic E-state index is 13.0. The van der Waals surface area contributed by atoms with Gasteiger partial charge < -0.3 is 29.7 Å². The summed E-state index contributed by atoms with van der Waals surface area (Å²) in [7, 11) is -3.84. The number of fused-ring (bicyclic) bond motifs is 4. The topological polar surface area (TPSA) is 143 Å². The smallest absolute Gasteiger partial charge is 0.341 e. The van der Waals surface area contributed by atoms with Crippen molar-refractivity contribution in [1.82, 2.24) is 5.32 Å². The zero-order chi connectivity index (χ0) is 29.5. The summed E-state index contributed by atoms with van der Waals surface area (Å²) < 4.78 is 45.3. The molecule has 10 nitrogen and oxygen atoms in total. The van der Waals surface area contributed by atoms with Crippen LogP contribution in [0.3, 0.4) is 0 Å². The van der Waals surface area contributed by atoms with Crippen LogP contribution in [0.15, 0.2) is 95.9 Å². The molecule has 0 fully saturated rings. The molecule has 0 spiro atoms. The van der Waals surface area contributed by atoms with Gasteiger partial charge in [-0.25, -0.2) is 13.2 Å². The highest BCUT2D eigenvalue weighted by molar-refractivity contribution is 7.92. The van der Waals surface area contributed by atoms with Gasteiger partial charge in [-0.1, -0.05) is 49.9 Å². The first-order chi connectivity index (χ1) is 20.3. The Hall–Kier alpha value is -4.58. The summed E-state index contributed by atoms with van der Waals surface area (Å²) in [6.07, 6.45) is -0.980. The average molecular weight is 607 g/mol. The Morgan fingerprint density at radius 3 is 2.28 bits per heavy atom. The number of benzene rings is 4. The number of sulfonamides is 1. The van der Waals surface area contributed by atoms with E-state index in [-0.39, 0.29) is 37.8 Å². The standard InChI is InChI=1S/C31H30N2O8S.CH4/c34-30(28-13-12-26-17-29(28)33-42(37,38)27-3-1-2-21(16-27)19-40-26)18-32-14-15-39-24-8-4-22(5-9-24)23-6-10-25(11-7-23)41-20-31(35)36;/h1-13,16-17,30,32-34H,14-15,18-20H2,(H,35,36);1H4. The number of rotatable bonds is 11. The number of carbonyl (C=O) groups is 1. The van der Waals surface area contributed by atoms with Gasteiger partial charge in [-0.15, -0.1) is 0 Å². The molecule has 1 unspecified atom stereocenters. The van der Waals surface area contributed by atoms with Crippen molar-refractivity contribution in [1.29, 1.82) is 0 Å². The quantitative estimate of drug-likeness (QED) is 0.176. The van der Waals surface area contributed by atoms with Crippen molar-refractivity contribution < 1.29 is 37.6 Å². The molecule has 1 aliphatic rings. The van der Waals surface area contributed by atoms with Crippen LogP contribution < -0.4 is 24.2 Å². The van der Waals surface area contributed by atoms with Crippen molar-refractivity contribution in [2.24, 2.45) is 0 Å². The molecule has 0 aromatic heterocycles. The summed E-state index contributed by atoms with van der Waals surface area (Å²) in [6.45, 7) is 0.822. The molecule has 0 radical (unpaired) electrons. The molecule has 1 heterocycles. The van der Waals surface area contributed by atoms with Crippen LogP contribution in [0.4, 0.5) is 5.69 Å². The maximum absolute atomic E-state index is 13.0. The van der Waals surface area contributed by atoms with Crippen LogP contribution in [0.25, 0.3) is 11.1 Å². The van der Waals surface area contributed by atoms with Gasteiger partial charge in [0.2, 0.25) is 0 Å². The van der Waals surface area contributed by atoms with E-state index in [1.807, 2.05) is 36.4 Å². The van der Waals surface area contributed by atoms with Crippen LogP contribution >= 0.6 is 0 Å². The van der Waals surface area contributed by atoms with Gasteiger partial charge in [0.05, 0.1) is 16.7 Å². The van der Waals surface area contributed by atoms with Crippen molar-refractivity contribution in [3.05, 3.63) is 102 Å². The molecule has 226 valence electrons. The van der Waals surface area contributed by atoms with Gasteiger partial charge in [-0.2, -0.15) is 0 Å². The van der Waals surface area contributed by atoms with Gasteiger partial charge in [0, 0.05) is 24.7 Å². The Bertz CT molecular complexity index is 1640. The molecular weight excluding hydrogens is 572 g/mol. The zero-order valence-electron chi connectivity index (χ0n) is 22.5. The second kappa shape index (κ2) is 14.1. The lowest BCUT2D eigenvalue weighted by Crippen LogP contribution is -2.27. The Morgan fingerprint density at radius 2 is 1.60 bits per heavy atom. The molecule has 0 amide bonds. The number of carboxylic acids is 1. The molecule has 0 aliphatic carbocycles. The lowest BCUT2D eigenvalue weighted by molar-refractivity contribution is -0.139.